The Kier molecular flexibility index (Phi) is 2.28. The molecule has 0 bridgehead atoms. The Hall–Kier alpha value is -2.44. The zero-order valence-corrected chi connectivity index (χ0v) is 8.09. The van der Waals surface area contributed by atoms with Crippen LogP contribution in [0.4, 0.5) is 10.3 Å². The maximum atomic E-state index is 13.0. The van der Waals surface area contributed by atoms with Gasteiger partial charge in [-0.3, -0.25) is 4.79 Å². The van der Waals surface area contributed by atoms with Crippen molar-refractivity contribution in [1.29, 1.82) is 0 Å². The topological polar surface area (TPSA) is 99.8 Å². The number of amides is 1. The van der Waals surface area contributed by atoms with Crippen LogP contribution in [0.1, 0.15) is 10.4 Å². The van der Waals surface area contributed by atoms with E-state index in [0.29, 0.717) is 5.69 Å². The number of hydrogen-bond acceptors (Lipinski definition) is 4. The zero-order valence-electron chi connectivity index (χ0n) is 8.09. The first-order chi connectivity index (χ1) is 7.58. The number of aromatic nitrogens is 3. The molecule has 0 unspecified atom stereocenters. The van der Waals surface area contributed by atoms with Gasteiger partial charge in [0, 0.05) is 0 Å². The van der Waals surface area contributed by atoms with Gasteiger partial charge in [-0.1, -0.05) is 0 Å². The van der Waals surface area contributed by atoms with E-state index in [1.165, 1.54) is 23.1 Å². The second-order valence-corrected chi connectivity index (χ2v) is 3.07. The predicted molar refractivity (Wildman–Crippen MR) is 54.2 cm³/mol. The fourth-order valence-corrected chi connectivity index (χ4v) is 1.30. The molecule has 7 heteroatoms. The molecule has 1 heterocycles. The van der Waals surface area contributed by atoms with Crippen molar-refractivity contribution in [3.05, 3.63) is 35.9 Å². The summed E-state index contributed by atoms with van der Waals surface area (Å²) in [6, 6.07) is 3.61. The Morgan fingerprint density at radius 3 is 2.75 bits per heavy atom. The monoisotopic (exact) mass is 221 g/mol. The summed E-state index contributed by atoms with van der Waals surface area (Å²) in [5.74, 6) is -1.24. The molecule has 82 valence electrons. The van der Waals surface area contributed by atoms with Gasteiger partial charge in [0.05, 0.1) is 11.3 Å². The van der Waals surface area contributed by atoms with Crippen molar-refractivity contribution in [2.45, 2.75) is 0 Å². The van der Waals surface area contributed by atoms with Gasteiger partial charge >= 0.3 is 0 Å². The van der Waals surface area contributed by atoms with Gasteiger partial charge in [0.15, 0.2) is 0 Å². The average Bonchev–Trinajstić information content (AvgIpc) is 2.64. The summed E-state index contributed by atoms with van der Waals surface area (Å²) in [4.78, 5) is 14.8. The third-order valence-corrected chi connectivity index (χ3v) is 1.98. The zero-order chi connectivity index (χ0) is 11.7. The second kappa shape index (κ2) is 3.61. The lowest BCUT2D eigenvalue weighted by Crippen LogP contribution is -2.15. The SMILES string of the molecule is NC(=O)c1cc(F)ccc1-n1cnc(N)n1. The molecule has 2 aromatic rings. The molecule has 0 saturated heterocycles. The maximum Gasteiger partial charge on any atom is 0.251 e. The molecule has 0 radical (unpaired) electrons. The highest BCUT2D eigenvalue weighted by Crippen LogP contribution is 2.15. The lowest BCUT2D eigenvalue weighted by atomic mass is 10.1. The van der Waals surface area contributed by atoms with Crippen LogP contribution in [0.15, 0.2) is 24.5 Å². The molecule has 0 aliphatic rings. The first-order valence-electron chi connectivity index (χ1n) is 4.35. The number of benzene rings is 1. The molecular weight excluding hydrogens is 213 g/mol. The molecule has 1 amide bonds. The first kappa shape index (κ1) is 10.1. The van der Waals surface area contributed by atoms with Crippen LogP contribution < -0.4 is 11.5 Å². The minimum absolute atomic E-state index is 0.0184. The molecule has 4 N–H and O–H groups in total. The minimum Gasteiger partial charge on any atom is -0.366 e. The van der Waals surface area contributed by atoms with Crippen molar-refractivity contribution in [3.8, 4) is 5.69 Å². The summed E-state index contributed by atoms with van der Waals surface area (Å²) in [7, 11) is 0. The number of anilines is 1. The van der Waals surface area contributed by atoms with Gasteiger partial charge in [-0.15, -0.1) is 5.10 Å². The quantitative estimate of drug-likeness (QED) is 0.750. The van der Waals surface area contributed by atoms with Gasteiger partial charge in [-0.25, -0.2) is 14.1 Å². The third kappa shape index (κ3) is 1.70. The molecule has 2 rings (SSSR count). The average molecular weight is 221 g/mol. The number of carbonyl (C=O) groups excluding carboxylic acids is 1. The molecule has 0 aliphatic carbocycles. The van der Waals surface area contributed by atoms with Crippen LogP contribution in [0.3, 0.4) is 0 Å². The Labute approximate surface area is 89.7 Å². The van der Waals surface area contributed by atoms with Crippen LogP contribution in [0.2, 0.25) is 0 Å². The molecule has 0 atom stereocenters. The summed E-state index contributed by atoms with van der Waals surface area (Å²) in [6.45, 7) is 0. The van der Waals surface area contributed by atoms with Crippen LogP contribution in [-0.4, -0.2) is 20.7 Å². The van der Waals surface area contributed by atoms with Crippen molar-refractivity contribution < 1.29 is 9.18 Å². The van der Waals surface area contributed by atoms with E-state index in [1.807, 2.05) is 0 Å². The van der Waals surface area contributed by atoms with Crippen LogP contribution in [0.5, 0.6) is 0 Å². The Morgan fingerprint density at radius 2 is 2.19 bits per heavy atom. The molecule has 0 fully saturated rings. The second-order valence-electron chi connectivity index (χ2n) is 3.07. The van der Waals surface area contributed by atoms with Gasteiger partial charge < -0.3 is 11.5 Å². The largest absolute Gasteiger partial charge is 0.366 e. The van der Waals surface area contributed by atoms with E-state index in [-0.39, 0.29) is 11.5 Å². The third-order valence-electron chi connectivity index (χ3n) is 1.98. The molecule has 0 saturated carbocycles. The summed E-state index contributed by atoms with van der Waals surface area (Å²) >= 11 is 0. The predicted octanol–water partition coefficient (Wildman–Crippen LogP) is 0.0875. The van der Waals surface area contributed by atoms with Gasteiger partial charge in [-0.2, -0.15) is 0 Å². The molecule has 0 spiro atoms. The Balaban J connectivity index is 2.60. The summed E-state index contributed by atoms with van der Waals surface area (Å²) in [5.41, 5.74) is 10.8. The van der Waals surface area contributed by atoms with Crippen LogP contribution >= 0.6 is 0 Å². The number of nitrogens with two attached hydrogens (primary N) is 2. The highest BCUT2D eigenvalue weighted by atomic mass is 19.1. The molecule has 1 aromatic carbocycles. The van der Waals surface area contributed by atoms with Gasteiger partial charge in [0.2, 0.25) is 5.95 Å². The van der Waals surface area contributed by atoms with E-state index >= 15 is 0 Å². The number of halogens is 1. The number of nitrogens with zero attached hydrogens (tertiary/aromatic N) is 3. The van der Waals surface area contributed by atoms with E-state index < -0.39 is 11.7 Å². The van der Waals surface area contributed by atoms with Gasteiger partial charge in [0.1, 0.15) is 12.1 Å². The smallest absolute Gasteiger partial charge is 0.251 e. The lowest BCUT2D eigenvalue weighted by Gasteiger charge is -2.05. The Bertz CT molecular complexity index is 551. The van der Waals surface area contributed by atoms with Crippen LogP contribution in [0, 0.1) is 5.82 Å². The summed E-state index contributed by atoms with van der Waals surface area (Å²) in [5, 5.41) is 3.81. The Morgan fingerprint density at radius 1 is 1.44 bits per heavy atom. The van der Waals surface area contributed by atoms with E-state index in [0.717, 1.165) is 6.07 Å². The van der Waals surface area contributed by atoms with E-state index in [2.05, 4.69) is 10.1 Å². The van der Waals surface area contributed by atoms with Gasteiger partial charge in [-0.05, 0) is 18.2 Å². The standard InChI is InChI=1S/C9H8FN5O/c10-5-1-2-7(6(3-5)8(11)16)15-4-13-9(12)14-15/h1-4H,(H2,11,16)(H2,12,14). The fourth-order valence-electron chi connectivity index (χ4n) is 1.30. The van der Waals surface area contributed by atoms with E-state index in [1.54, 1.807) is 0 Å². The fraction of sp³-hybridized carbons (Fsp3) is 0. The molecule has 1 aromatic heterocycles. The number of rotatable bonds is 2. The van der Waals surface area contributed by atoms with Crippen molar-refractivity contribution in [2.75, 3.05) is 5.73 Å². The van der Waals surface area contributed by atoms with E-state index in [4.69, 9.17) is 11.5 Å². The molecule has 6 nitrogen and oxygen atoms in total. The van der Waals surface area contributed by atoms with Crippen molar-refractivity contribution in [3.63, 3.8) is 0 Å². The number of carbonyl (C=O) groups is 1. The normalized spacial score (nSPS) is 10.3. The maximum absolute atomic E-state index is 13.0. The van der Waals surface area contributed by atoms with Crippen molar-refractivity contribution in [1.82, 2.24) is 14.8 Å². The molecular formula is C9H8FN5O. The van der Waals surface area contributed by atoms with Crippen LogP contribution in [0.25, 0.3) is 5.69 Å². The summed E-state index contributed by atoms with van der Waals surface area (Å²) < 4.78 is 14.2. The summed E-state index contributed by atoms with van der Waals surface area (Å²) in [6.07, 6.45) is 1.31. The number of hydrogen-bond donors (Lipinski definition) is 2. The first-order valence-corrected chi connectivity index (χ1v) is 4.35. The molecule has 0 aliphatic heterocycles. The molecule has 16 heavy (non-hydrogen) atoms. The number of nitrogen functional groups attached to an aromatic ring is 1. The van der Waals surface area contributed by atoms with Crippen molar-refractivity contribution >= 4 is 11.9 Å². The highest BCUT2D eigenvalue weighted by Gasteiger charge is 2.12. The number of primary amides is 1. The highest BCUT2D eigenvalue weighted by molar-refractivity contribution is 5.96. The lowest BCUT2D eigenvalue weighted by molar-refractivity contribution is 0.0999. The van der Waals surface area contributed by atoms with E-state index in [9.17, 15) is 9.18 Å². The van der Waals surface area contributed by atoms with Crippen molar-refractivity contribution in [2.24, 2.45) is 5.73 Å². The van der Waals surface area contributed by atoms with Crippen LogP contribution in [-0.2, 0) is 0 Å². The van der Waals surface area contributed by atoms with Gasteiger partial charge in [0.25, 0.3) is 5.91 Å². The minimum atomic E-state index is -0.747.